The molecular formula is C13H13ClN2O2. The van der Waals surface area contributed by atoms with Crippen LogP contribution in [-0.4, -0.2) is 9.55 Å². The zero-order valence-corrected chi connectivity index (χ0v) is 10.7. The number of aromatic nitrogens is 2. The van der Waals surface area contributed by atoms with E-state index in [1.807, 2.05) is 37.3 Å². The summed E-state index contributed by atoms with van der Waals surface area (Å²) in [7, 11) is 0. The van der Waals surface area contributed by atoms with Crippen LogP contribution in [0.25, 0.3) is 0 Å². The molecular weight excluding hydrogens is 252 g/mol. The normalized spacial score (nSPS) is 12.3. The minimum absolute atomic E-state index is 0.0999. The summed E-state index contributed by atoms with van der Waals surface area (Å²) in [5, 5.41) is 0.408. The quantitative estimate of drug-likeness (QED) is 0.853. The van der Waals surface area contributed by atoms with E-state index in [9.17, 15) is 4.79 Å². The molecule has 0 aliphatic heterocycles. The summed E-state index contributed by atoms with van der Waals surface area (Å²) in [5.41, 5.74) is 0.681. The van der Waals surface area contributed by atoms with Gasteiger partial charge in [-0.25, -0.2) is 4.79 Å². The second-order valence-electron chi connectivity index (χ2n) is 3.87. The van der Waals surface area contributed by atoms with Crippen LogP contribution in [0.1, 0.15) is 18.6 Å². The largest absolute Gasteiger partial charge is 0.353 e. The van der Waals surface area contributed by atoms with Crippen LogP contribution in [0.5, 0.6) is 0 Å². The molecule has 0 radical (unpaired) electrons. The first-order chi connectivity index (χ1) is 8.66. The van der Waals surface area contributed by atoms with Crippen molar-refractivity contribution in [2.45, 2.75) is 19.8 Å². The molecule has 0 bridgehead atoms. The second-order valence-corrected chi connectivity index (χ2v) is 4.31. The summed E-state index contributed by atoms with van der Waals surface area (Å²) in [6.07, 6.45) is 2.73. The third-order valence-corrected chi connectivity index (χ3v) is 2.75. The Labute approximate surface area is 110 Å². The van der Waals surface area contributed by atoms with E-state index in [1.165, 1.54) is 17.0 Å². The number of nitrogens with zero attached hydrogens (tertiary/aromatic N) is 2. The lowest BCUT2D eigenvalue weighted by atomic mass is 10.1. The predicted octanol–water partition coefficient (Wildman–Crippen LogP) is 2.63. The Morgan fingerprint density at radius 1 is 1.39 bits per heavy atom. The highest BCUT2D eigenvalue weighted by Gasteiger charge is 2.06. The molecule has 2 aromatic rings. The molecule has 0 saturated heterocycles. The summed E-state index contributed by atoms with van der Waals surface area (Å²) in [6.45, 7) is 2.06. The summed E-state index contributed by atoms with van der Waals surface area (Å²) in [6, 6.07) is 9.79. The SMILES string of the molecule is CC(OCn1cc(Cl)cnc1=O)c1ccccc1. The van der Waals surface area contributed by atoms with Gasteiger partial charge in [-0.3, -0.25) is 4.57 Å². The topological polar surface area (TPSA) is 44.1 Å². The van der Waals surface area contributed by atoms with Crippen molar-refractivity contribution in [3.8, 4) is 0 Å². The average Bonchev–Trinajstić information content (AvgIpc) is 2.40. The molecule has 1 atom stereocenters. The van der Waals surface area contributed by atoms with Crippen molar-refractivity contribution < 1.29 is 4.74 Å². The van der Waals surface area contributed by atoms with Crippen molar-refractivity contribution in [1.29, 1.82) is 0 Å². The van der Waals surface area contributed by atoms with Crippen LogP contribution in [0.2, 0.25) is 5.02 Å². The van der Waals surface area contributed by atoms with Crippen LogP contribution in [0, 0.1) is 0 Å². The van der Waals surface area contributed by atoms with Gasteiger partial charge in [0, 0.05) is 6.20 Å². The molecule has 1 unspecified atom stereocenters. The zero-order chi connectivity index (χ0) is 13.0. The molecule has 4 nitrogen and oxygen atoms in total. The van der Waals surface area contributed by atoms with E-state index in [0.29, 0.717) is 5.02 Å². The maximum Gasteiger partial charge on any atom is 0.349 e. The predicted molar refractivity (Wildman–Crippen MR) is 69.4 cm³/mol. The lowest BCUT2D eigenvalue weighted by Gasteiger charge is -2.14. The van der Waals surface area contributed by atoms with E-state index in [2.05, 4.69) is 4.98 Å². The van der Waals surface area contributed by atoms with Gasteiger partial charge >= 0.3 is 5.69 Å². The minimum atomic E-state index is -0.375. The van der Waals surface area contributed by atoms with Gasteiger partial charge in [0.15, 0.2) is 0 Å². The van der Waals surface area contributed by atoms with Crippen molar-refractivity contribution in [3.63, 3.8) is 0 Å². The maximum absolute atomic E-state index is 11.4. The molecule has 5 heteroatoms. The van der Waals surface area contributed by atoms with Gasteiger partial charge in [0.05, 0.1) is 17.3 Å². The first-order valence-corrected chi connectivity index (χ1v) is 5.93. The Bertz CT molecular complexity index is 569. The lowest BCUT2D eigenvalue weighted by molar-refractivity contribution is 0.0142. The number of ether oxygens (including phenoxy) is 1. The van der Waals surface area contributed by atoms with Crippen molar-refractivity contribution in [2.24, 2.45) is 0 Å². The van der Waals surface area contributed by atoms with Gasteiger partial charge in [0.2, 0.25) is 0 Å². The number of halogens is 1. The molecule has 0 fully saturated rings. The Kier molecular flexibility index (Phi) is 4.12. The Morgan fingerprint density at radius 3 is 2.83 bits per heavy atom. The lowest BCUT2D eigenvalue weighted by Crippen LogP contribution is -2.23. The molecule has 0 aliphatic rings. The van der Waals surface area contributed by atoms with Gasteiger partial charge in [-0.05, 0) is 12.5 Å². The van der Waals surface area contributed by atoms with Crippen LogP contribution < -0.4 is 5.69 Å². The number of rotatable bonds is 4. The summed E-state index contributed by atoms with van der Waals surface area (Å²) < 4.78 is 6.95. The van der Waals surface area contributed by atoms with E-state index < -0.39 is 0 Å². The van der Waals surface area contributed by atoms with Crippen molar-refractivity contribution in [2.75, 3.05) is 0 Å². The minimum Gasteiger partial charge on any atom is -0.353 e. The summed E-state index contributed by atoms with van der Waals surface area (Å²) in [5.74, 6) is 0. The Hall–Kier alpha value is -1.65. The van der Waals surface area contributed by atoms with E-state index in [1.54, 1.807) is 0 Å². The van der Waals surface area contributed by atoms with Gasteiger partial charge < -0.3 is 4.74 Å². The number of hydrogen-bond acceptors (Lipinski definition) is 3. The highest BCUT2D eigenvalue weighted by Crippen LogP contribution is 2.16. The van der Waals surface area contributed by atoms with E-state index in [0.717, 1.165) is 5.56 Å². The van der Waals surface area contributed by atoms with Crippen LogP contribution >= 0.6 is 11.6 Å². The molecule has 1 aromatic heterocycles. The zero-order valence-electron chi connectivity index (χ0n) is 9.91. The monoisotopic (exact) mass is 264 g/mol. The van der Waals surface area contributed by atoms with Crippen LogP contribution in [0.15, 0.2) is 47.5 Å². The van der Waals surface area contributed by atoms with Crippen LogP contribution in [0.4, 0.5) is 0 Å². The molecule has 1 heterocycles. The van der Waals surface area contributed by atoms with Crippen LogP contribution in [0.3, 0.4) is 0 Å². The fourth-order valence-corrected chi connectivity index (χ4v) is 1.70. The van der Waals surface area contributed by atoms with E-state index >= 15 is 0 Å². The Balaban J connectivity index is 2.04. The molecule has 2 rings (SSSR count). The molecule has 0 N–H and O–H groups in total. The second kappa shape index (κ2) is 5.80. The van der Waals surface area contributed by atoms with Crippen molar-refractivity contribution in [1.82, 2.24) is 9.55 Å². The highest BCUT2D eigenvalue weighted by atomic mass is 35.5. The highest BCUT2D eigenvalue weighted by molar-refractivity contribution is 6.30. The van der Waals surface area contributed by atoms with E-state index in [4.69, 9.17) is 16.3 Å². The molecule has 0 aliphatic carbocycles. The fourth-order valence-electron chi connectivity index (χ4n) is 1.53. The van der Waals surface area contributed by atoms with Crippen molar-refractivity contribution in [3.05, 3.63) is 63.8 Å². The maximum atomic E-state index is 11.4. The molecule has 0 spiro atoms. The molecule has 94 valence electrons. The molecule has 0 amide bonds. The van der Waals surface area contributed by atoms with Crippen LogP contribution in [-0.2, 0) is 11.5 Å². The van der Waals surface area contributed by atoms with Gasteiger partial charge in [0.1, 0.15) is 6.73 Å². The first kappa shape index (κ1) is 12.8. The third-order valence-electron chi connectivity index (χ3n) is 2.56. The molecule has 1 aromatic carbocycles. The fraction of sp³-hybridized carbons (Fsp3) is 0.231. The van der Waals surface area contributed by atoms with E-state index in [-0.39, 0.29) is 18.5 Å². The Morgan fingerprint density at radius 2 is 2.11 bits per heavy atom. The van der Waals surface area contributed by atoms with Gasteiger partial charge in [-0.2, -0.15) is 4.98 Å². The molecule has 0 saturated carbocycles. The van der Waals surface area contributed by atoms with Crippen molar-refractivity contribution >= 4 is 11.6 Å². The van der Waals surface area contributed by atoms with Gasteiger partial charge in [-0.1, -0.05) is 41.9 Å². The average molecular weight is 265 g/mol. The van der Waals surface area contributed by atoms with Gasteiger partial charge in [-0.15, -0.1) is 0 Å². The number of benzene rings is 1. The summed E-state index contributed by atoms with van der Waals surface area (Å²) in [4.78, 5) is 15.1. The smallest absolute Gasteiger partial charge is 0.349 e. The number of hydrogen-bond donors (Lipinski definition) is 0. The summed E-state index contributed by atoms with van der Waals surface area (Å²) >= 11 is 5.77. The molecule has 18 heavy (non-hydrogen) atoms. The third kappa shape index (κ3) is 3.18. The standard InChI is InChI=1S/C13H13ClN2O2/c1-10(11-5-3-2-4-6-11)18-9-16-8-12(14)7-15-13(16)17/h2-8,10H,9H2,1H3. The first-order valence-electron chi connectivity index (χ1n) is 5.55. The van der Waals surface area contributed by atoms with Gasteiger partial charge in [0.25, 0.3) is 0 Å².